The van der Waals surface area contributed by atoms with E-state index in [1.54, 1.807) is 12.3 Å². The van der Waals surface area contributed by atoms with E-state index in [1.165, 1.54) is 49.4 Å². The van der Waals surface area contributed by atoms with Gasteiger partial charge in [-0.2, -0.15) is 0 Å². The van der Waals surface area contributed by atoms with Gasteiger partial charge in [0.05, 0.1) is 5.56 Å². The second-order valence-electron chi connectivity index (χ2n) is 7.63. The highest BCUT2D eigenvalue weighted by molar-refractivity contribution is 5.94. The van der Waals surface area contributed by atoms with E-state index in [4.69, 9.17) is 0 Å². The molecule has 136 valence electrons. The van der Waals surface area contributed by atoms with Crippen molar-refractivity contribution in [2.75, 3.05) is 26.2 Å². The number of aromatic nitrogens is 1. The molecule has 2 aliphatic rings. The Morgan fingerprint density at radius 3 is 2.46 bits per heavy atom. The molecule has 0 bridgehead atoms. The maximum Gasteiger partial charge on any atom is 0.255 e. The second kappa shape index (κ2) is 7.08. The van der Waals surface area contributed by atoms with Gasteiger partial charge in [-0.25, -0.2) is 0 Å². The molecule has 5 heteroatoms. The SMILES string of the molecule is O=C(NCC1(CN2CCCC2)CC1)c1ccc(=O)n(-c2ccccc2)c1. The molecule has 1 aromatic heterocycles. The Morgan fingerprint density at radius 2 is 1.77 bits per heavy atom. The number of likely N-dealkylation sites (tertiary alicyclic amines) is 1. The number of hydrogen-bond acceptors (Lipinski definition) is 3. The van der Waals surface area contributed by atoms with Crippen LogP contribution in [-0.4, -0.2) is 41.6 Å². The highest BCUT2D eigenvalue weighted by Crippen LogP contribution is 2.46. The number of amides is 1. The zero-order chi connectivity index (χ0) is 18.0. The van der Waals surface area contributed by atoms with Gasteiger partial charge < -0.3 is 10.2 Å². The number of nitrogens with zero attached hydrogens (tertiary/aromatic N) is 2. The predicted molar refractivity (Wildman–Crippen MR) is 102 cm³/mol. The number of para-hydroxylation sites is 1. The van der Waals surface area contributed by atoms with Crippen LogP contribution in [0.4, 0.5) is 0 Å². The van der Waals surface area contributed by atoms with E-state index in [0.29, 0.717) is 12.1 Å². The second-order valence-corrected chi connectivity index (χ2v) is 7.63. The molecule has 0 unspecified atom stereocenters. The molecule has 1 saturated heterocycles. The molecule has 0 atom stereocenters. The first-order valence-corrected chi connectivity index (χ1v) is 9.44. The minimum absolute atomic E-state index is 0.109. The molecule has 1 aromatic carbocycles. The molecule has 1 aliphatic heterocycles. The third kappa shape index (κ3) is 3.73. The predicted octanol–water partition coefficient (Wildman–Crippen LogP) is 2.44. The van der Waals surface area contributed by atoms with Crippen molar-refractivity contribution in [2.45, 2.75) is 25.7 Å². The number of nitrogens with one attached hydrogen (secondary N) is 1. The summed E-state index contributed by atoms with van der Waals surface area (Å²) < 4.78 is 1.52. The first-order valence-electron chi connectivity index (χ1n) is 9.44. The number of hydrogen-bond donors (Lipinski definition) is 1. The zero-order valence-electron chi connectivity index (χ0n) is 15.0. The number of pyridine rings is 1. The first-order chi connectivity index (χ1) is 12.7. The Labute approximate surface area is 153 Å². The van der Waals surface area contributed by atoms with Gasteiger partial charge in [-0.1, -0.05) is 18.2 Å². The lowest BCUT2D eigenvalue weighted by Gasteiger charge is -2.23. The Hall–Kier alpha value is -2.40. The Morgan fingerprint density at radius 1 is 1.04 bits per heavy atom. The lowest BCUT2D eigenvalue weighted by atomic mass is 10.1. The normalized spacial score (nSPS) is 18.6. The molecule has 0 radical (unpaired) electrons. The van der Waals surface area contributed by atoms with Crippen LogP contribution in [-0.2, 0) is 0 Å². The van der Waals surface area contributed by atoms with Crippen LogP contribution in [0.15, 0.2) is 53.5 Å². The lowest BCUT2D eigenvalue weighted by Crippen LogP contribution is -2.37. The molecular weight excluding hydrogens is 326 g/mol. The fourth-order valence-corrected chi connectivity index (χ4v) is 3.76. The van der Waals surface area contributed by atoms with Crippen molar-refractivity contribution in [1.29, 1.82) is 0 Å². The molecule has 1 amide bonds. The minimum atomic E-state index is -0.138. The third-order valence-corrected chi connectivity index (χ3v) is 5.55. The van der Waals surface area contributed by atoms with Crippen LogP contribution >= 0.6 is 0 Å². The lowest BCUT2D eigenvalue weighted by molar-refractivity contribution is 0.0939. The molecule has 2 fully saturated rings. The number of rotatable bonds is 6. The van der Waals surface area contributed by atoms with Crippen molar-refractivity contribution in [3.8, 4) is 5.69 Å². The van der Waals surface area contributed by atoms with Gasteiger partial charge >= 0.3 is 0 Å². The van der Waals surface area contributed by atoms with Crippen LogP contribution in [0.5, 0.6) is 0 Å². The summed E-state index contributed by atoms with van der Waals surface area (Å²) in [5.41, 5.74) is 1.40. The van der Waals surface area contributed by atoms with Crippen molar-refractivity contribution >= 4 is 5.91 Å². The van der Waals surface area contributed by atoms with Gasteiger partial charge in [-0.15, -0.1) is 0 Å². The van der Waals surface area contributed by atoms with Crippen LogP contribution in [0.3, 0.4) is 0 Å². The quantitative estimate of drug-likeness (QED) is 0.870. The van der Waals surface area contributed by atoms with Crippen LogP contribution in [0.2, 0.25) is 0 Å². The zero-order valence-corrected chi connectivity index (χ0v) is 15.0. The molecule has 1 N–H and O–H groups in total. The highest BCUT2D eigenvalue weighted by Gasteiger charge is 2.44. The summed E-state index contributed by atoms with van der Waals surface area (Å²) in [5, 5.41) is 3.09. The van der Waals surface area contributed by atoms with E-state index in [1.807, 2.05) is 30.3 Å². The average molecular weight is 351 g/mol. The smallest absolute Gasteiger partial charge is 0.255 e. The standard InChI is InChI=1S/C21H25N3O2/c25-19-9-8-17(14-24(19)18-6-2-1-3-7-18)20(26)22-15-21(10-11-21)16-23-12-4-5-13-23/h1-3,6-9,14H,4-5,10-13,15-16H2,(H,22,26). The number of carbonyl (C=O) groups is 1. The van der Waals surface area contributed by atoms with Crippen LogP contribution < -0.4 is 10.9 Å². The van der Waals surface area contributed by atoms with Gasteiger partial charge in [0, 0.05) is 36.5 Å². The van der Waals surface area contributed by atoms with Gasteiger partial charge in [0.1, 0.15) is 0 Å². The van der Waals surface area contributed by atoms with E-state index >= 15 is 0 Å². The number of carbonyl (C=O) groups excluding carboxylic acids is 1. The van der Waals surface area contributed by atoms with Crippen LogP contribution in [0.25, 0.3) is 5.69 Å². The highest BCUT2D eigenvalue weighted by atomic mass is 16.2. The summed E-state index contributed by atoms with van der Waals surface area (Å²) in [6.07, 6.45) is 6.60. The third-order valence-electron chi connectivity index (χ3n) is 5.55. The van der Waals surface area contributed by atoms with Crippen molar-refractivity contribution in [3.05, 3.63) is 64.6 Å². The fourth-order valence-electron chi connectivity index (χ4n) is 3.76. The van der Waals surface area contributed by atoms with Gasteiger partial charge in [0.25, 0.3) is 11.5 Å². The Bertz CT molecular complexity index is 834. The van der Waals surface area contributed by atoms with Gasteiger partial charge in [0.15, 0.2) is 0 Å². The molecule has 2 heterocycles. The topological polar surface area (TPSA) is 54.3 Å². The van der Waals surface area contributed by atoms with E-state index < -0.39 is 0 Å². The van der Waals surface area contributed by atoms with E-state index in [9.17, 15) is 9.59 Å². The van der Waals surface area contributed by atoms with E-state index in [-0.39, 0.29) is 16.9 Å². The van der Waals surface area contributed by atoms with Gasteiger partial charge in [-0.3, -0.25) is 14.2 Å². The summed E-state index contributed by atoms with van der Waals surface area (Å²) >= 11 is 0. The van der Waals surface area contributed by atoms with Crippen molar-refractivity contribution in [1.82, 2.24) is 14.8 Å². The molecule has 2 aromatic rings. The molecular formula is C21H25N3O2. The summed E-state index contributed by atoms with van der Waals surface area (Å²) in [5.74, 6) is -0.109. The van der Waals surface area contributed by atoms with Gasteiger partial charge in [0.2, 0.25) is 0 Å². The molecule has 4 rings (SSSR count). The molecule has 5 nitrogen and oxygen atoms in total. The summed E-state index contributed by atoms with van der Waals surface area (Å²) in [4.78, 5) is 27.3. The molecule has 0 spiro atoms. The summed E-state index contributed by atoms with van der Waals surface area (Å²) in [6.45, 7) is 4.19. The van der Waals surface area contributed by atoms with Crippen LogP contribution in [0.1, 0.15) is 36.0 Å². The summed E-state index contributed by atoms with van der Waals surface area (Å²) in [6, 6.07) is 12.4. The molecule has 1 saturated carbocycles. The van der Waals surface area contributed by atoms with E-state index in [0.717, 1.165) is 12.2 Å². The van der Waals surface area contributed by atoms with E-state index in [2.05, 4.69) is 10.2 Å². The van der Waals surface area contributed by atoms with Crippen LogP contribution in [0, 0.1) is 5.41 Å². The largest absolute Gasteiger partial charge is 0.351 e. The Kier molecular flexibility index (Phi) is 4.64. The van der Waals surface area contributed by atoms with Crippen molar-refractivity contribution in [3.63, 3.8) is 0 Å². The Balaban J connectivity index is 1.43. The van der Waals surface area contributed by atoms with Crippen molar-refractivity contribution < 1.29 is 4.79 Å². The minimum Gasteiger partial charge on any atom is -0.351 e. The monoisotopic (exact) mass is 351 g/mol. The first kappa shape index (κ1) is 17.0. The number of benzene rings is 1. The maximum absolute atomic E-state index is 12.6. The van der Waals surface area contributed by atoms with Gasteiger partial charge in [-0.05, 0) is 57.0 Å². The molecule has 1 aliphatic carbocycles. The molecule has 26 heavy (non-hydrogen) atoms. The van der Waals surface area contributed by atoms with Crippen molar-refractivity contribution in [2.24, 2.45) is 5.41 Å². The average Bonchev–Trinajstić information content (AvgIpc) is 3.24. The summed E-state index contributed by atoms with van der Waals surface area (Å²) in [7, 11) is 0. The maximum atomic E-state index is 12.6. The fraction of sp³-hybridized carbons (Fsp3) is 0.429.